The van der Waals surface area contributed by atoms with Gasteiger partial charge in [-0.2, -0.15) is 0 Å². The molecule has 3 aromatic rings. The zero-order chi connectivity index (χ0) is 15.4. The highest BCUT2D eigenvalue weighted by molar-refractivity contribution is 6.04. The lowest BCUT2D eigenvalue weighted by Crippen LogP contribution is -2.11. The number of benzene rings is 2. The molecule has 1 aromatic heterocycles. The second-order valence-electron chi connectivity index (χ2n) is 4.76. The van der Waals surface area contributed by atoms with Crippen molar-refractivity contribution < 1.29 is 9.18 Å². The minimum atomic E-state index is -0.370. The van der Waals surface area contributed by atoms with Gasteiger partial charge < -0.3 is 5.32 Å². The fourth-order valence-electron chi connectivity index (χ4n) is 2.05. The highest BCUT2D eigenvalue weighted by atomic mass is 19.1. The second-order valence-corrected chi connectivity index (χ2v) is 4.76. The van der Waals surface area contributed by atoms with Crippen molar-refractivity contribution >= 4 is 11.6 Å². The Balaban J connectivity index is 1.73. The minimum absolute atomic E-state index is 0.297. The highest BCUT2D eigenvalue weighted by Gasteiger charge is 2.06. The Kier molecular flexibility index (Phi) is 3.92. The van der Waals surface area contributed by atoms with E-state index < -0.39 is 0 Å². The van der Waals surface area contributed by atoms with Crippen LogP contribution in [0.1, 0.15) is 10.4 Å². The Labute approximate surface area is 127 Å². The van der Waals surface area contributed by atoms with E-state index in [0.29, 0.717) is 11.3 Å². The first-order valence-electron chi connectivity index (χ1n) is 6.81. The number of pyridine rings is 1. The smallest absolute Gasteiger partial charge is 0.255 e. The highest BCUT2D eigenvalue weighted by Crippen LogP contribution is 2.18. The van der Waals surface area contributed by atoms with Crippen molar-refractivity contribution in [1.29, 1.82) is 0 Å². The number of aromatic nitrogens is 1. The van der Waals surface area contributed by atoms with Gasteiger partial charge in [0.25, 0.3) is 5.91 Å². The van der Waals surface area contributed by atoms with Crippen molar-refractivity contribution in [3.63, 3.8) is 0 Å². The Morgan fingerprint density at radius 1 is 0.909 bits per heavy atom. The SMILES string of the molecule is O=C(Nc1ccc(-c2ccccc2)nc1)c1ccc(F)cc1. The van der Waals surface area contributed by atoms with Gasteiger partial charge in [0.05, 0.1) is 17.6 Å². The minimum Gasteiger partial charge on any atom is -0.321 e. The Bertz CT molecular complexity index is 768. The summed E-state index contributed by atoms with van der Waals surface area (Å²) in [6, 6.07) is 18.8. The van der Waals surface area contributed by atoms with Crippen molar-refractivity contribution in [2.75, 3.05) is 5.32 Å². The lowest BCUT2D eigenvalue weighted by molar-refractivity contribution is 0.102. The summed E-state index contributed by atoms with van der Waals surface area (Å²) in [7, 11) is 0. The predicted molar refractivity (Wildman–Crippen MR) is 84.0 cm³/mol. The standard InChI is InChI=1S/C18H13FN2O/c19-15-8-6-14(7-9-15)18(22)21-16-10-11-17(20-12-16)13-4-2-1-3-5-13/h1-12H,(H,21,22). The lowest BCUT2D eigenvalue weighted by atomic mass is 10.1. The average molecular weight is 292 g/mol. The first-order chi connectivity index (χ1) is 10.7. The van der Waals surface area contributed by atoms with Crippen LogP contribution in [0, 0.1) is 5.82 Å². The third-order valence-electron chi connectivity index (χ3n) is 3.20. The Hall–Kier alpha value is -3.01. The fraction of sp³-hybridized carbons (Fsp3) is 0. The van der Waals surface area contributed by atoms with Crippen molar-refractivity contribution in [1.82, 2.24) is 4.98 Å². The third-order valence-corrected chi connectivity index (χ3v) is 3.20. The van der Waals surface area contributed by atoms with E-state index in [0.717, 1.165) is 11.3 Å². The number of anilines is 1. The van der Waals surface area contributed by atoms with Gasteiger partial charge in [0.1, 0.15) is 5.82 Å². The van der Waals surface area contributed by atoms with E-state index >= 15 is 0 Å². The molecule has 1 N–H and O–H groups in total. The summed E-state index contributed by atoms with van der Waals surface area (Å²) in [5, 5.41) is 2.73. The van der Waals surface area contributed by atoms with Crippen LogP contribution in [0.5, 0.6) is 0 Å². The molecule has 4 heteroatoms. The molecule has 0 saturated heterocycles. The summed E-state index contributed by atoms with van der Waals surface area (Å²) < 4.78 is 12.8. The molecule has 3 nitrogen and oxygen atoms in total. The first-order valence-corrected chi connectivity index (χ1v) is 6.81. The van der Waals surface area contributed by atoms with Crippen molar-refractivity contribution in [2.24, 2.45) is 0 Å². The molecule has 3 rings (SSSR count). The Morgan fingerprint density at radius 2 is 1.64 bits per heavy atom. The average Bonchev–Trinajstić information content (AvgIpc) is 2.57. The Morgan fingerprint density at radius 3 is 2.27 bits per heavy atom. The number of rotatable bonds is 3. The zero-order valence-electron chi connectivity index (χ0n) is 11.7. The molecule has 0 bridgehead atoms. The molecule has 1 amide bonds. The molecule has 1 heterocycles. The molecule has 2 aromatic carbocycles. The molecular formula is C18H13FN2O. The van der Waals surface area contributed by atoms with Crippen LogP contribution in [-0.4, -0.2) is 10.9 Å². The maximum Gasteiger partial charge on any atom is 0.255 e. The van der Waals surface area contributed by atoms with Gasteiger partial charge in [-0.05, 0) is 36.4 Å². The molecule has 0 aliphatic carbocycles. The number of amides is 1. The molecule has 0 radical (unpaired) electrons. The van der Waals surface area contributed by atoms with Crippen LogP contribution >= 0.6 is 0 Å². The summed E-state index contributed by atoms with van der Waals surface area (Å²) in [4.78, 5) is 16.4. The molecule has 0 unspecified atom stereocenters. The topological polar surface area (TPSA) is 42.0 Å². The van der Waals surface area contributed by atoms with Crippen molar-refractivity contribution in [2.45, 2.75) is 0 Å². The number of hydrogen-bond acceptors (Lipinski definition) is 2. The summed E-state index contributed by atoms with van der Waals surface area (Å²) in [6.07, 6.45) is 1.60. The largest absolute Gasteiger partial charge is 0.321 e. The first kappa shape index (κ1) is 13.9. The monoisotopic (exact) mass is 292 g/mol. The molecule has 22 heavy (non-hydrogen) atoms. The van der Waals surface area contributed by atoms with Crippen LogP contribution in [0.2, 0.25) is 0 Å². The summed E-state index contributed by atoms with van der Waals surface area (Å²) in [5.41, 5.74) is 2.84. The quantitative estimate of drug-likeness (QED) is 0.788. The van der Waals surface area contributed by atoms with Crippen LogP contribution in [0.3, 0.4) is 0 Å². The number of nitrogens with zero attached hydrogens (tertiary/aromatic N) is 1. The molecule has 0 fully saturated rings. The molecule has 0 spiro atoms. The molecule has 0 atom stereocenters. The normalized spacial score (nSPS) is 10.2. The molecule has 0 aliphatic rings. The number of carbonyl (C=O) groups excluding carboxylic acids is 1. The maximum absolute atomic E-state index is 12.8. The molecule has 0 saturated carbocycles. The number of hydrogen-bond donors (Lipinski definition) is 1. The van der Waals surface area contributed by atoms with Gasteiger partial charge in [-0.15, -0.1) is 0 Å². The number of nitrogens with one attached hydrogen (secondary N) is 1. The van der Waals surface area contributed by atoms with Gasteiger partial charge >= 0.3 is 0 Å². The summed E-state index contributed by atoms with van der Waals surface area (Å²) in [6.45, 7) is 0. The summed E-state index contributed by atoms with van der Waals surface area (Å²) in [5.74, 6) is -0.667. The zero-order valence-corrected chi connectivity index (χ0v) is 11.7. The lowest BCUT2D eigenvalue weighted by Gasteiger charge is -2.06. The van der Waals surface area contributed by atoms with Crippen LogP contribution in [0.4, 0.5) is 10.1 Å². The van der Waals surface area contributed by atoms with Crippen molar-refractivity contribution in [3.05, 3.63) is 84.3 Å². The van der Waals surface area contributed by atoms with Gasteiger partial charge in [0.15, 0.2) is 0 Å². The molecular weight excluding hydrogens is 279 g/mol. The van der Waals surface area contributed by atoms with E-state index in [4.69, 9.17) is 0 Å². The van der Waals surface area contributed by atoms with Gasteiger partial charge in [0.2, 0.25) is 0 Å². The van der Waals surface area contributed by atoms with E-state index in [1.807, 2.05) is 36.4 Å². The van der Waals surface area contributed by atoms with E-state index in [1.165, 1.54) is 24.3 Å². The van der Waals surface area contributed by atoms with Crippen LogP contribution in [-0.2, 0) is 0 Å². The third kappa shape index (κ3) is 3.17. The van der Waals surface area contributed by atoms with E-state index in [1.54, 1.807) is 12.3 Å². The number of carbonyl (C=O) groups is 1. The molecule has 0 aliphatic heterocycles. The van der Waals surface area contributed by atoms with E-state index in [9.17, 15) is 9.18 Å². The van der Waals surface area contributed by atoms with Gasteiger partial charge in [-0.25, -0.2) is 4.39 Å². The maximum atomic E-state index is 12.8. The van der Waals surface area contributed by atoms with E-state index in [2.05, 4.69) is 10.3 Å². The van der Waals surface area contributed by atoms with E-state index in [-0.39, 0.29) is 11.7 Å². The molecule has 108 valence electrons. The fourth-order valence-corrected chi connectivity index (χ4v) is 2.05. The summed E-state index contributed by atoms with van der Waals surface area (Å²) >= 11 is 0. The predicted octanol–water partition coefficient (Wildman–Crippen LogP) is 4.14. The van der Waals surface area contributed by atoms with Gasteiger partial charge in [-0.1, -0.05) is 30.3 Å². The van der Waals surface area contributed by atoms with Crippen LogP contribution < -0.4 is 5.32 Å². The van der Waals surface area contributed by atoms with Gasteiger partial charge in [0, 0.05) is 11.1 Å². The van der Waals surface area contributed by atoms with Crippen molar-refractivity contribution in [3.8, 4) is 11.3 Å². The van der Waals surface area contributed by atoms with Crippen LogP contribution in [0.15, 0.2) is 72.9 Å². The second kappa shape index (κ2) is 6.18. The van der Waals surface area contributed by atoms with Crippen LogP contribution in [0.25, 0.3) is 11.3 Å². The van der Waals surface area contributed by atoms with Gasteiger partial charge in [-0.3, -0.25) is 9.78 Å². The number of halogens is 1.